The number of rotatable bonds is 6. The van der Waals surface area contributed by atoms with Crippen molar-refractivity contribution in [3.8, 4) is 11.1 Å². The normalized spacial score (nSPS) is 21.8. The molecule has 32 heavy (non-hydrogen) atoms. The molecule has 2 aliphatic carbocycles. The van der Waals surface area contributed by atoms with E-state index in [4.69, 9.17) is 4.74 Å². The molecule has 0 aromatic heterocycles. The highest BCUT2D eigenvalue weighted by Gasteiger charge is 2.42. The SMILES string of the molecule is CC1CCC(NC(=O)CNC(=O)OCC2c3ccccc3-c3ccccc32)(C(=O)O)CC1. The lowest BCUT2D eigenvalue weighted by molar-refractivity contribution is -0.149. The summed E-state index contributed by atoms with van der Waals surface area (Å²) in [6.45, 7) is 1.89. The topological polar surface area (TPSA) is 105 Å². The second-order valence-electron chi connectivity index (χ2n) is 8.80. The zero-order valence-corrected chi connectivity index (χ0v) is 18.1. The third-order valence-electron chi connectivity index (χ3n) is 6.65. The minimum atomic E-state index is -1.26. The first kappa shape index (κ1) is 21.9. The van der Waals surface area contributed by atoms with E-state index in [1.807, 2.05) is 36.4 Å². The molecular weight excluding hydrogens is 408 g/mol. The lowest BCUT2D eigenvalue weighted by Gasteiger charge is -2.36. The van der Waals surface area contributed by atoms with Crippen molar-refractivity contribution in [2.24, 2.45) is 5.92 Å². The van der Waals surface area contributed by atoms with Crippen LogP contribution in [0.2, 0.25) is 0 Å². The molecule has 4 rings (SSSR count). The Morgan fingerprint density at radius 1 is 1.00 bits per heavy atom. The van der Waals surface area contributed by atoms with Crippen molar-refractivity contribution >= 4 is 18.0 Å². The molecule has 0 saturated heterocycles. The molecule has 0 spiro atoms. The van der Waals surface area contributed by atoms with E-state index in [2.05, 4.69) is 29.7 Å². The highest BCUT2D eigenvalue weighted by atomic mass is 16.5. The summed E-state index contributed by atoms with van der Waals surface area (Å²) < 4.78 is 5.42. The smallest absolute Gasteiger partial charge is 0.407 e. The molecule has 2 amide bonds. The molecule has 1 fully saturated rings. The molecule has 0 heterocycles. The molecule has 1 saturated carbocycles. The van der Waals surface area contributed by atoms with Gasteiger partial charge < -0.3 is 20.5 Å². The van der Waals surface area contributed by atoms with E-state index >= 15 is 0 Å². The van der Waals surface area contributed by atoms with Crippen LogP contribution in [-0.2, 0) is 14.3 Å². The van der Waals surface area contributed by atoms with Gasteiger partial charge in [0.1, 0.15) is 18.7 Å². The Labute approximate surface area is 187 Å². The number of alkyl carbamates (subject to hydrolysis) is 1. The predicted molar refractivity (Wildman–Crippen MR) is 119 cm³/mol. The molecule has 0 atom stereocenters. The second kappa shape index (κ2) is 9.02. The van der Waals surface area contributed by atoms with Gasteiger partial charge in [-0.3, -0.25) is 4.79 Å². The Bertz CT molecular complexity index is 981. The molecule has 7 nitrogen and oxygen atoms in total. The quantitative estimate of drug-likeness (QED) is 0.641. The van der Waals surface area contributed by atoms with E-state index in [9.17, 15) is 19.5 Å². The number of aliphatic carboxylic acids is 1. The van der Waals surface area contributed by atoms with Crippen LogP contribution in [0, 0.1) is 5.92 Å². The van der Waals surface area contributed by atoms with Gasteiger partial charge in [-0.1, -0.05) is 55.5 Å². The fourth-order valence-corrected chi connectivity index (χ4v) is 4.76. The van der Waals surface area contributed by atoms with Crippen molar-refractivity contribution in [1.29, 1.82) is 0 Å². The first-order chi connectivity index (χ1) is 15.4. The van der Waals surface area contributed by atoms with E-state index in [1.54, 1.807) is 0 Å². The average molecular weight is 437 g/mol. The summed E-state index contributed by atoms with van der Waals surface area (Å²) in [6, 6.07) is 16.1. The van der Waals surface area contributed by atoms with Gasteiger partial charge in [0.05, 0.1) is 0 Å². The third kappa shape index (κ3) is 4.33. The monoisotopic (exact) mass is 436 g/mol. The van der Waals surface area contributed by atoms with E-state index in [-0.39, 0.29) is 19.1 Å². The van der Waals surface area contributed by atoms with Crippen LogP contribution in [0.25, 0.3) is 11.1 Å². The molecule has 7 heteroatoms. The molecule has 2 aliphatic rings. The molecule has 2 aromatic rings. The maximum absolute atomic E-state index is 12.3. The summed E-state index contributed by atoms with van der Waals surface area (Å²) in [6.07, 6.45) is 1.56. The van der Waals surface area contributed by atoms with Crippen molar-refractivity contribution in [3.05, 3.63) is 59.7 Å². The van der Waals surface area contributed by atoms with Crippen molar-refractivity contribution in [1.82, 2.24) is 10.6 Å². The van der Waals surface area contributed by atoms with Crippen LogP contribution >= 0.6 is 0 Å². The lowest BCUT2D eigenvalue weighted by atomic mass is 9.77. The van der Waals surface area contributed by atoms with Gasteiger partial charge in [-0.25, -0.2) is 9.59 Å². The number of carboxylic acid groups (broad SMARTS) is 1. The first-order valence-electron chi connectivity index (χ1n) is 11.0. The number of carboxylic acids is 1. The molecule has 0 aliphatic heterocycles. The van der Waals surface area contributed by atoms with Gasteiger partial charge in [0.25, 0.3) is 0 Å². The zero-order chi connectivity index (χ0) is 22.7. The number of carbonyl (C=O) groups is 3. The summed E-state index contributed by atoms with van der Waals surface area (Å²) in [5.74, 6) is -1.19. The minimum absolute atomic E-state index is 0.0681. The van der Waals surface area contributed by atoms with Crippen molar-refractivity contribution in [2.45, 2.75) is 44.1 Å². The Morgan fingerprint density at radius 3 is 2.12 bits per heavy atom. The van der Waals surface area contributed by atoms with Crippen LogP contribution in [-0.4, -0.2) is 41.8 Å². The Morgan fingerprint density at radius 2 is 1.56 bits per heavy atom. The summed E-state index contributed by atoms with van der Waals surface area (Å²) in [4.78, 5) is 36.4. The molecule has 0 unspecified atom stereocenters. The fraction of sp³-hybridized carbons (Fsp3) is 0.400. The van der Waals surface area contributed by atoms with Crippen LogP contribution in [0.4, 0.5) is 4.79 Å². The van der Waals surface area contributed by atoms with Gasteiger partial charge in [-0.2, -0.15) is 0 Å². The molecular formula is C25H28N2O5. The summed E-state index contributed by atoms with van der Waals surface area (Å²) in [7, 11) is 0. The molecule has 168 valence electrons. The van der Waals surface area contributed by atoms with Crippen molar-refractivity contribution < 1.29 is 24.2 Å². The highest BCUT2D eigenvalue weighted by Crippen LogP contribution is 2.44. The molecule has 3 N–H and O–H groups in total. The van der Waals surface area contributed by atoms with Crippen molar-refractivity contribution in [2.75, 3.05) is 13.2 Å². The van der Waals surface area contributed by atoms with Crippen LogP contribution in [0.1, 0.15) is 49.7 Å². The Kier molecular flexibility index (Phi) is 6.17. The maximum atomic E-state index is 12.3. The van der Waals surface area contributed by atoms with E-state index in [0.29, 0.717) is 18.8 Å². The highest BCUT2D eigenvalue weighted by molar-refractivity contribution is 5.89. The molecule has 2 aromatic carbocycles. The standard InChI is InChI=1S/C25H28N2O5/c1-16-10-12-25(13-11-16,23(29)30)27-22(28)14-26-24(31)32-15-21-19-8-4-2-6-17(19)18-7-3-5-9-20(18)21/h2-9,16,21H,10-15H2,1H3,(H,26,31)(H,27,28)(H,29,30). The van der Waals surface area contributed by atoms with E-state index < -0.39 is 23.5 Å². The number of hydrogen-bond acceptors (Lipinski definition) is 4. The van der Waals surface area contributed by atoms with Crippen LogP contribution < -0.4 is 10.6 Å². The number of fused-ring (bicyclic) bond motifs is 3. The number of benzene rings is 2. The average Bonchev–Trinajstić information content (AvgIpc) is 3.11. The largest absolute Gasteiger partial charge is 0.480 e. The third-order valence-corrected chi connectivity index (χ3v) is 6.65. The Hall–Kier alpha value is -3.35. The van der Waals surface area contributed by atoms with Gasteiger partial charge in [-0.15, -0.1) is 0 Å². The number of hydrogen-bond donors (Lipinski definition) is 3. The van der Waals surface area contributed by atoms with Gasteiger partial charge in [0.2, 0.25) is 5.91 Å². The number of ether oxygens (including phenoxy) is 1. The van der Waals surface area contributed by atoms with Crippen LogP contribution in [0.15, 0.2) is 48.5 Å². The van der Waals surface area contributed by atoms with Gasteiger partial charge in [0, 0.05) is 5.92 Å². The first-order valence-corrected chi connectivity index (χ1v) is 11.0. The summed E-state index contributed by atoms with van der Waals surface area (Å²) >= 11 is 0. The predicted octanol–water partition coefficient (Wildman–Crippen LogP) is 3.67. The van der Waals surface area contributed by atoms with Gasteiger partial charge in [-0.05, 0) is 53.9 Å². The second-order valence-corrected chi connectivity index (χ2v) is 8.80. The van der Waals surface area contributed by atoms with Crippen molar-refractivity contribution in [3.63, 3.8) is 0 Å². The maximum Gasteiger partial charge on any atom is 0.407 e. The zero-order valence-electron chi connectivity index (χ0n) is 18.1. The van der Waals surface area contributed by atoms with Gasteiger partial charge in [0.15, 0.2) is 0 Å². The summed E-state index contributed by atoms with van der Waals surface area (Å²) in [5, 5.41) is 14.7. The summed E-state index contributed by atoms with van der Waals surface area (Å²) in [5.41, 5.74) is 3.23. The van der Waals surface area contributed by atoms with Crippen LogP contribution in [0.5, 0.6) is 0 Å². The van der Waals surface area contributed by atoms with Crippen LogP contribution in [0.3, 0.4) is 0 Å². The van der Waals surface area contributed by atoms with E-state index in [1.165, 1.54) is 0 Å². The Balaban J connectivity index is 1.31. The number of nitrogens with one attached hydrogen (secondary N) is 2. The molecule has 0 radical (unpaired) electrons. The fourth-order valence-electron chi connectivity index (χ4n) is 4.76. The molecule has 0 bridgehead atoms. The van der Waals surface area contributed by atoms with Gasteiger partial charge >= 0.3 is 12.1 Å². The lowest BCUT2D eigenvalue weighted by Crippen LogP contribution is -2.58. The number of amides is 2. The number of carbonyl (C=O) groups excluding carboxylic acids is 2. The minimum Gasteiger partial charge on any atom is -0.480 e. The van der Waals surface area contributed by atoms with E-state index in [0.717, 1.165) is 35.1 Å².